The summed E-state index contributed by atoms with van der Waals surface area (Å²) < 4.78 is 95.6. The number of nitrogens with zero attached hydrogens (tertiary/aromatic N) is 3. The molecule has 1 N–H and O–H groups in total. The summed E-state index contributed by atoms with van der Waals surface area (Å²) in [5.41, 5.74) is 0.161. The van der Waals surface area contributed by atoms with Crippen molar-refractivity contribution in [3.05, 3.63) is 47.2 Å². The second kappa shape index (κ2) is 8.32. The van der Waals surface area contributed by atoms with Crippen LogP contribution >= 0.6 is 0 Å². The van der Waals surface area contributed by atoms with E-state index in [0.717, 1.165) is 24.8 Å². The van der Waals surface area contributed by atoms with Gasteiger partial charge in [0.1, 0.15) is 22.8 Å². The lowest BCUT2D eigenvalue weighted by Crippen LogP contribution is -2.42. The van der Waals surface area contributed by atoms with Gasteiger partial charge in [-0.15, -0.1) is 0 Å². The molecular formula is C22H19F5N4O2S. The van der Waals surface area contributed by atoms with Crippen molar-refractivity contribution in [1.82, 2.24) is 14.3 Å². The van der Waals surface area contributed by atoms with E-state index in [2.05, 4.69) is 4.98 Å². The molecule has 1 aromatic carbocycles. The van der Waals surface area contributed by atoms with Crippen LogP contribution in [-0.4, -0.2) is 30.2 Å². The third kappa shape index (κ3) is 3.92. The summed E-state index contributed by atoms with van der Waals surface area (Å²) in [6.07, 6.45) is -1.64. The van der Waals surface area contributed by atoms with Crippen molar-refractivity contribution in [3.63, 3.8) is 0 Å². The highest BCUT2D eigenvalue weighted by Gasteiger charge is 2.39. The predicted molar refractivity (Wildman–Crippen MR) is 113 cm³/mol. The summed E-state index contributed by atoms with van der Waals surface area (Å²) in [5, 5.41) is 9.90. The maximum absolute atomic E-state index is 15.2. The number of hydrogen-bond acceptors (Lipinski definition) is 4. The van der Waals surface area contributed by atoms with Crippen LogP contribution in [0, 0.1) is 29.9 Å². The van der Waals surface area contributed by atoms with E-state index >= 15 is 4.39 Å². The lowest BCUT2D eigenvalue weighted by Gasteiger charge is -2.30. The predicted octanol–water partition coefficient (Wildman–Crippen LogP) is 5.12. The minimum Gasteiger partial charge on any atom is -0.333 e. The van der Waals surface area contributed by atoms with E-state index in [1.54, 1.807) is 9.29 Å². The third-order valence-electron chi connectivity index (χ3n) is 6.07. The Balaban J connectivity index is 1.86. The largest absolute Gasteiger partial charge is 0.404 e. The standard InChI is InChI=1S/C22H19F5N4O2S/c1-11-17(23)8-15-16(9-28)20(31(13-4-3-5-13)21(15)19(11)24)18-7-6-14(10-29-18)34(32,33)30-12(2)22(25,26)27/h6-8,10,12-13,30H,3-5H2,1-2H3. The highest BCUT2D eigenvalue weighted by atomic mass is 32.2. The molecule has 0 spiro atoms. The molecular weight excluding hydrogens is 479 g/mol. The lowest BCUT2D eigenvalue weighted by molar-refractivity contribution is -0.147. The van der Waals surface area contributed by atoms with Crippen molar-refractivity contribution >= 4 is 20.9 Å². The average molecular weight is 498 g/mol. The van der Waals surface area contributed by atoms with Gasteiger partial charge in [0.25, 0.3) is 0 Å². The first-order valence-electron chi connectivity index (χ1n) is 10.3. The van der Waals surface area contributed by atoms with Crippen LogP contribution < -0.4 is 4.72 Å². The fourth-order valence-electron chi connectivity index (χ4n) is 3.91. The third-order valence-corrected chi connectivity index (χ3v) is 7.60. The van der Waals surface area contributed by atoms with Gasteiger partial charge in [-0.05, 0) is 51.3 Å². The zero-order valence-corrected chi connectivity index (χ0v) is 18.9. The summed E-state index contributed by atoms with van der Waals surface area (Å²) in [5.74, 6) is -1.60. The van der Waals surface area contributed by atoms with E-state index in [1.807, 2.05) is 6.07 Å². The molecule has 2 aromatic heterocycles. The van der Waals surface area contributed by atoms with Crippen molar-refractivity contribution in [1.29, 1.82) is 5.26 Å². The summed E-state index contributed by atoms with van der Waals surface area (Å²) in [6, 6.07) is 2.87. The number of halogens is 5. The Kier molecular flexibility index (Phi) is 5.90. The molecule has 0 aliphatic heterocycles. The highest BCUT2D eigenvalue weighted by Crippen LogP contribution is 2.43. The summed E-state index contributed by atoms with van der Waals surface area (Å²) in [4.78, 5) is 3.57. The SMILES string of the molecule is Cc1c(F)cc2c(C#N)c(-c3ccc(S(=O)(=O)NC(C)C(F)(F)F)cn3)n(C3CCC3)c2c1F. The summed E-state index contributed by atoms with van der Waals surface area (Å²) in [7, 11) is -4.53. The molecule has 3 aromatic rings. The van der Waals surface area contributed by atoms with Crippen LogP contribution in [0.3, 0.4) is 0 Å². The van der Waals surface area contributed by atoms with E-state index in [-0.39, 0.29) is 39.5 Å². The van der Waals surface area contributed by atoms with E-state index in [1.165, 1.54) is 13.0 Å². The minimum atomic E-state index is -4.77. The van der Waals surface area contributed by atoms with Crippen LogP contribution in [0.1, 0.15) is 43.4 Å². The normalized spacial score (nSPS) is 15.8. The molecule has 1 atom stereocenters. The molecule has 34 heavy (non-hydrogen) atoms. The van der Waals surface area contributed by atoms with Crippen LogP contribution in [0.2, 0.25) is 0 Å². The molecule has 0 bridgehead atoms. The average Bonchev–Trinajstić information content (AvgIpc) is 3.03. The van der Waals surface area contributed by atoms with Gasteiger partial charge in [-0.3, -0.25) is 4.98 Å². The van der Waals surface area contributed by atoms with Gasteiger partial charge in [-0.25, -0.2) is 17.2 Å². The van der Waals surface area contributed by atoms with Gasteiger partial charge in [0.05, 0.1) is 22.5 Å². The smallest absolute Gasteiger partial charge is 0.333 e. The second-order valence-electron chi connectivity index (χ2n) is 8.25. The van der Waals surface area contributed by atoms with Crippen molar-refractivity contribution in [2.24, 2.45) is 0 Å². The molecule has 2 heterocycles. The minimum absolute atomic E-state index is 0.0216. The number of sulfonamides is 1. The van der Waals surface area contributed by atoms with E-state index in [9.17, 15) is 31.2 Å². The van der Waals surface area contributed by atoms with Gasteiger partial charge >= 0.3 is 6.18 Å². The van der Waals surface area contributed by atoms with Gasteiger partial charge in [0, 0.05) is 23.2 Å². The number of pyridine rings is 1. The monoisotopic (exact) mass is 498 g/mol. The fourth-order valence-corrected chi connectivity index (χ4v) is 5.09. The molecule has 0 radical (unpaired) electrons. The topological polar surface area (TPSA) is 87.8 Å². The quantitative estimate of drug-likeness (QED) is 0.495. The van der Waals surface area contributed by atoms with Gasteiger partial charge in [-0.2, -0.15) is 23.2 Å². The highest BCUT2D eigenvalue weighted by molar-refractivity contribution is 7.89. The van der Waals surface area contributed by atoms with Gasteiger partial charge < -0.3 is 4.57 Å². The first-order chi connectivity index (χ1) is 15.9. The molecule has 6 nitrogen and oxygen atoms in total. The van der Waals surface area contributed by atoms with Crippen molar-refractivity contribution < 1.29 is 30.4 Å². The number of rotatable bonds is 5. The zero-order chi connectivity index (χ0) is 25.0. The Morgan fingerprint density at radius 1 is 1.26 bits per heavy atom. The van der Waals surface area contributed by atoms with Gasteiger partial charge in [0.15, 0.2) is 5.82 Å². The number of alkyl halides is 3. The Morgan fingerprint density at radius 2 is 1.94 bits per heavy atom. The number of fused-ring (bicyclic) bond motifs is 1. The fraction of sp³-hybridized carbons (Fsp3) is 0.364. The van der Waals surface area contributed by atoms with Crippen molar-refractivity contribution in [2.45, 2.75) is 56.3 Å². The molecule has 1 aliphatic rings. The number of nitrogens with one attached hydrogen (secondary N) is 1. The Morgan fingerprint density at radius 3 is 2.44 bits per heavy atom. The molecule has 1 aliphatic carbocycles. The molecule has 0 amide bonds. The van der Waals surface area contributed by atoms with Crippen LogP contribution in [0.5, 0.6) is 0 Å². The maximum atomic E-state index is 15.2. The maximum Gasteiger partial charge on any atom is 0.404 e. The molecule has 1 fully saturated rings. The number of aromatic nitrogens is 2. The molecule has 180 valence electrons. The first kappa shape index (κ1) is 24.1. The lowest BCUT2D eigenvalue weighted by atomic mass is 9.92. The number of hydrogen-bond donors (Lipinski definition) is 1. The molecule has 12 heteroatoms. The molecule has 1 unspecified atom stereocenters. The van der Waals surface area contributed by atoms with Crippen molar-refractivity contribution in [3.8, 4) is 17.5 Å². The van der Waals surface area contributed by atoms with E-state index in [4.69, 9.17) is 0 Å². The Hall–Kier alpha value is -3.04. The van der Waals surface area contributed by atoms with Gasteiger partial charge in [-0.1, -0.05) is 0 Å². The van der Waals surface area contributed by atoms with Gasteiger partial charge in [0.2, 0.25) is 10.0 Å². The molecule has 4 rings (SSSR count). The first-order valence-corrected chi connectivity index (χ1v) is 11.8. The van der Waals surface area contributed by atoms with E-state index < -0.39 is 38.8 Å². The number of benzene rings is 1. The van der Waals surface area contributed by atoms with Crippen LogP contribution in [0.4, 0.5) is 22.0 Å². The van der Waals surface area contributed by atoms with E-state index in [0.29, 0.717) is 19.8 Å². The Labute approximate surface area is 192 Å². The Bertz CT molecular complexity index is 1420. The van der Waals surface area contributed by atoms with Crippen LogP contribution in [-0.2, 0) is 10.0 Å². The zero-order valence-electron chi connectivity index (χ0n) is 18.0. The number of nitriles is 1. The summed E-state index contributed by atoms with van der Waals surface area (Å²) in [6.45, 7) is 1.96. The molecule has 1 saturated carbocycles. The molecule has 0 saturated heterocycles. The van der Waals surface area contributed by atoms with Crippen LogP contribution in [0.15, 0.2) is 29.3 Å². The van der Waals surface area contributed by atoms with Crippen molar-refractivity contribution in [2.75, 3.05) is 0 Å². The summed E-state index contributed by atoms with van der Waals surface area (Å²) >= 11 is 0. The van der Waals surface area contributed by atoms with Crippen LogP contribution in [0.25, 0.3) is 22.3 Å². The second-order valence-corrected chi connectivity index (χ2v) is 9.96.